The molecule has 3 aromatic rings. The zero-order valence-corrected chi connectivity index (χ0v) is 16.9. The lowest BCUT2D eigenvalue weighted by Crippen LogP contribution is -2.30. The number of hydrogen-bond donors (Lipinski definition) is 1. The van der Waals surface area contributed by atoms with Crippen LogP contribution < -0.4 is 10.9 Å². The average molecular weight is 398 g/mol. The lowest BCUT2D eigenvalue weighted by Gasteiger charge is -2.20. The SMILES string of the molecule is COC[C@H](C)n1c(S[C@H](C)C(=O)Nc2ccccc2)nc2ccccc2c1=O. The van der Waals surface area contributed by atoms with Crippen LogP contribution >= 0.6 is 11.8 Å². The number of methoxy groups -OCH3 is 1. The van der Waals surface area contributed by atoms with Crippen LogP contribution in [0.4, 0.5) is 5.69 Å². The smallest absolute Gasteiger partial charge is 0.262 e. The summed E-state index contributed by atoms with van der Waals surface area (Å²) in [7, 11) is 1.60. The predicted octanol–water partition coefficient (Wildman–Crippen LogP) is 3.72. The third kappa shape index (κ3) is 4.43. The molecule has 28 heavy (non-hydrogen) atoms. The molecule has 0 unspecified atom stereocenters. The Balaban J connectivity index is 1.93. The number of nitrogens with zero attached hydrogens (tertiary/aromatic N) is 2. The Labute approximate surface area is 167 Å². The number of amides is 1. The highest BCUT2D eigenvalue weighted by molar-refractivity contribution is 8.00. The molecule has 0 aliphatic carbocycles. The summed E-state index contributed by atoms with van der Waals surface area (Å²) in [5, 5.41) is 3.51. The third-order valence-corrected chi connectivity index (χ3v) is 5.38. The van der Waals surface area contributed by atoms with E-state index in [-0.39, 0.29) is 17.5 Å². The fraction of sp³-hybridized carbons (Fsp3) is 0.286. The summed E-state index contributed by atoms with van der Waals surface area (Å²) in [5.41, 5.74) is 1.22. The second-order valence-corrected chi connectivity index (χ2v) is 7.81. The molecule has 146 valence electrons. The molecule has 0 aliphatic rings. The molecule has 1 heterocycles. The first-order valence-electron chi connectivity index (χ1n) is 9.04. The van der Waals surface area contributed by atoms with Crippen molar-refractivity contribution in [2.75, 3.05) is 19.0 Å². The molecular formula is C21H23N3O3S. The number of rotatable bonds is 7. The van der Waals surface area contributed by atoms with Crippen molar-refractivity contribution in [2.45, 2.75) is 30.3 Å². The van der Waals surface area contributed by atoms with Gasteiger partial charge >= 0.3 is 0 Å². The number of thioether (sulfide) groups is 1. The maximum absolute atomic E-state index is 13.1. The van der Waals surface area contributed by atoms with Gasteiger partial charge in [0.25, 0.3) is 5.56 Å². The van der Waals surface area contributed by atoms with Gasteiger partial charge < -0.3 is 10.1 Å². The molecule has 0 fully saturated rings. The second kappa shape index (κ2) is 9.03. The van der Waals surface area contributed by atoms with E-state index in [1.165, 1.54) is 11.8 Å². The van der Waals surface area contributed by atoms with Gasteiger partial charge in [0.2, 0.25) is 5.91 Å². The molecule has 1 N–H and O–H groups in total. The van der Waals surface area contributed by atoms with Crippen molar-refractivity contribution in [3.8, 4) is 0 Å². The normalized spacial score (nSPS) is 13.2. The first-order chi connectivity index (χ1) is 13.5. The zero-order chi connectivity index (χ0) is 20.1. The standard InChI is InChI=1S/C21H23N3O3S/c1-14(13-27-3)24-20(26)17-11-7-8-12-18(17)23-21(24)28-15(2)19(25)22-16-9-5-4-6-10-16/h4-12,14-15H,13H2,1-3H3,(H,22,25)/t14-,15+/m0/s1. The van der Waals surface area contributed by atoms with Crippen molar-refractivity contribution >= 4 is 34.3 Å². The minimum Gasteiger partial charge on any atom is -0.383 e. The quantitative estimate of drug-likeness (QED) is 0.486. The molecule has 0 saturated heterocycles. The molecule has 1 amide bonds. The maximum Gasteiger partial charge on any atom is 0.262 e. The first-order valence-corrected chi connectivity index (χ1v) is 9.92. The van der Waals surface area contributed by atoms with Gasteiger partial charge in [-0.05, 0) is 38.1 Å². The van der Waals surface area contributed by atoms with Crippen LogP contribution in [0.15, 0.2) is 64.5 Å². The van der Waals surface area contributed by atoms with Crippen molar-refractivity contribution < 1.29 is 9.53 Å². The maximum atomic E-state index is 13.1. The van der Waals surface area contributed by atoms with Crippen LogP contribution in [-0.4, -0.2) is 34.4 Å². The van der Waals surface area contributed by atoms with Gasteiger partial charge in [-0.25, -0.2) is 4.98 Å². The van der Waals surface area contributed by atoms with Crippen LogP contribution in [0.25, 0.3) is 10.9 Å². The van der Waals surface area contributed by atoms with E-state index in [1.807, 2.05) is 49.4 Å². The molecule has 7 heteroatoms. The number of benzene rings is 2. The number of anilines is 1. The summed E-state index contributed by atoms with van der Waals surface area (Å²) in [6.45, 7) is 4.08. The van der Waals surface area contributed by atoms with E-state index in [0.717, 1.165) is 5.69 Å². The topological polar surface area (TPSA) is 73.2 Å². The molecule has 0 bridgehead atoms. The Morgan fingerprint density at radius 3 is 2.54 bits per heavy atom. The van der Waals surface area contributed by atoms with Crippen molar-refractivity contribution in [3.05, 3.63) is 65.0 Å². The molecule has 2 aromatic carbocycles. The number of ether oxygens (including phenoxy) is 1. The molecule has 0 spiro atoms. The lowest BCUT2D eigenvalue weighted by molar-refractivity contribution is -0.115. The highest BCUT2D eigenvalue weighted by Gasteiger charge is 2.22. The van der Waals surface area contributed by atoms with Crippen LogP contribution in [0.3, 0.4) is 0 Å². The van der Waals surface area contributed by atoms with E-state index in [2.05, 4.69) is 10.3 Å². The number of hydrogen-bond acceptors (Lipinski definition) is 5. The molecule has 1 aromatic heterocycles. The molecule has 0 aliphatic heterocycles. The van der Waals surface area contributed by atoms with Crippen LogP contribution in [-0.2, 0) is 9.53 Å². The summed E-state index contributed by atoms with van der Waals surface area (Å²) in [4.78, 5) is 30.3. The average Bonchev–Trinajstić information content (AvgIpc) is 2.69. The summed E-state index contributed by atoms with van der Waals surface area (Å²) < 4.78 is 6.85. The Morgan fingerprint density at radius 2 is 1.82 bits per heavy atom. The van der Waals surface area contributed by atoms with Gasteiger partial charge in [-0.15, -0.1) is 0 Å². The summed E-state index contributed by atoms with van der Waals surface area (Å²) in [6.07, 6.45) is 0. The van der Waals surface area contributed by atoms with E-state index in [0.29, 0.717) is 22.7 Å². The number of fused-ring (bicyclic) bond motifs is 1. The Kier molecular flexibility index (Phi) is 6.49. The van der Waals surface area contributed by atoms with E-state index < -0.39 is 5.25 Å². The number of aromatic nitrogens is 2. The highest BCUT2D eigenvalue weighted by Crippen LogP contribution is 2.26. The molecule has 0 radical (unpaired) electrons. The summed E-state index contributed by atoms with van der Waals surface area (Å²) >= 11 is 1.26. The van der Waals surface area contributed by atoms with Gasteiger partial charge in [-0.1, -0.05) is 42.1 Å². The van der Waals surface area contributed by atoms with Crippen molar-refractivity contribution in [1.29, 1.82) is 0 Å². The predicted molar refractivity (Wildman–Crippen MR) is 113 cm³/mol. The van der Waals surface area contributed by atoms with Crippen molar-refractivity contribution in [3.63, 3.8) is 0 Å². The minimum atomic E-state index is -0.436. The minimum absolute atomic E-state index is 0.131. The Hall–Kier alpha value is -2.64. The third-order valence-electron chi connectivity index (χ3n) is 4.32. The molecule has 3 rings (SSSR count). The number of nitrogens with one attached hydrogen (secondary N) is 1. The Bertz CT molecular complexity index is 1020. The zero-order valence-electron chi connectivity index (χ0n) is 16.1. The number of para-hydroxylation sites is 2. The lowest BCUT2D eigenvalue weighted by atomic mass is 10.2. The van der Waals surface area contributed by atoms with Crippen molar-refractivity contribution in [2.24, 2.45) is 0 Å². The van der Waals surface area contributed by atoms with Crippen LogP contribution in [0, 0.1) is 0 Å². The van der Waals surface area contributed by atoms with Crippen molar-refractivity contribution in [1.82, 2.24) is 9.55 Å². The highest BCUT2D eigenvalue weighted by atomic mass is 32.2. The number of carbonyl (C=O) groups excluding carboxylic acids is 1. The van der Waals surface area contributed by atoms with E-state index >= 15 is 0 Å². The molecule has 6 nitrogen and oxygen atoms in total. The summed E-state index contributed by atoms with van der Waals surface area (Å²) in [5.74, 6) is -0.149. The van der Waals surface area contributed by atoms with Gasteiger partial charge in [0.05, 0.1) is 28.8 Å². The molecular weight excluding hydrogens is 374 g/mol. The van der Waals surface area contributed by atoms with Crippen LogP contribution in [0.1, 0.15) is 19.9 Å². The van der Waals surface area contributed by atoms with E-state index in [1.54, 1.807) is 30.7 Å². The fourth-order valence-electron chi connectivity index (χ4n) is 2.89. The van der Waals surface area contributed by atoms with Crippen LogP contribution in [0.2, 0.25) is 0 Å². The number of carbonyl (C=O) groups is 1. The van der Waals surface area contributed by atoms with E-state index in [9.17, 15) is 9.59 Å². The molecule has 0 saturated carbocycles. The first kappa shape index (κ1) is 20.1. The van der Waals surface area contributed by atoms with E-state index in [4.69, 9.17) is 4.74 Å². The van der Waals surface area contributed by atoms with Crippen LogP contribution in [0.5, 0.6) is 0 Å². The van der Waals surface area contributed by atoms with Gasteiger partial charge in [0.1, 0.15) is 0 Å². The monoisotopic (exact) mass is 397 g/mol. The Morgan fingerprint density at radius 1 is 1.14 bits per heavy atom. The molecule has 2 atom stereocenters. The van der Waals surface area contributed by atoms with Gasteiger partial charge in [-0.3, -0.25) is 14.2 Å². The largest absolute Gasteiger partial charge is 0.383 e. The summed E-state index contributed by atoms with van der Waals surface area (Å²) in [6, 6.07) is 16.3. The van der Waals surface area contributed by atoms with Gasteiger partial charge in [0.15, 0.2) is 5.16 Å². The van der Waals surface area contributed by atoms with Gasteiger partial charge in [-0.2, -0.15) is 0 Å². The second-order valence-electron chi connectivity index (χ2n) is 6.51. The fourth-order valence-corrected chi connectivity index (χ4v) is 3.90. The van der Waals surface area contributed by atoms with Gasteiger partial charge in [0, 0.05) is 12.8 Å².